The number of rotatable bonds is 2. The van der Waals surface area contributed by atoms with Gasteiger partial charge in [-0.3, -0.25) is 0 Å². The summed E-state index contributed by atoms with van der Waals surface area (Å²) < 4.78 is 3.58. The zero-order chi connectivity index (χ0) is 8.39. The first-order valence-corrected chi connectivity index (χ1v) is 7.58. The van der Waals surface area contributed by atoms with E-state index in [2.05, 4.69) is 46.0 Å². The molecule has 0 unspecified atom stereocenters. The second-order valence-corrected chi connectivity index (χ2v) is 4.94. The van der Waals surface area contributed by atoms with Gasteiger partial charge in [0.1, 0.15) is 0 Å². The summed E-state index contributed by atoms with van der Waals surface area (Å²) in [6.07, 6.45) is 2.19. The van der Waals surface area contributed by atoms with Crippen LogP contribution in [0.3, 0.4) is 0 Å². The van der Waals surface area contributed by atoms with Crippen LogP contribution in [-0.4, -0.2) is 9.50 Å². The standard InChI is InChI=1S/C10H11IN/c1-11-8-12-7-6-9-4-2-3-5-10(9)12/h2-7H,8H2,1H3/q-1. The third kappa shape index (κ3) is 1.35. The molecule has 0 bridgehead atoms. The molecule has 0 saturated heterocycles. The summed E-state index contributed by atoms with van der Waals surface area (Å²) in [6, 6.07) is 10.7. The van der Waals surface area contributed by atoms with Crippen molar-refractivity contribution in [1.82, 2.24) is 4.57 Å². The molecule has 2 heteroatoms. The van der Waals surface area contributed by atoms with Gasteiger partial charge in [-0.2, -0.15) is 0 Å². The fraction of sp³-hybridized carbons (Fsp3) is 0.200. The predicted molar refractivity (Wildman–Crippen MR) is 47.9 cm³/mol. The molecule has 64 valence electrons. The Morgan fingerprint density at radius 1 is 1.25 bits per heavy atom. The van der Waals surface area contributed by atoms with Crippen molar-refractivity contribution in [1.29, 1.82) is 0 Å². The molecule has 0 spiro atoms. The average Bonchev–Trinajstić information content (AvgIpc) is 2.50. The van der Waals surface area contributed by atoms with Gasteiger partial charge in [-0.15, -0.1) is 0 Å². The Kier molecular flexibility index (Phi) is 2.35. The summed E-state index contributed by atoms with van der Waals surface area (Å²) >= 11 is 0.343. The first-order valence-electron chi connectivity index (χ1n) is 3.89. The zero-order valence-electron chi connectivity index (χ0n) is 7.00. The zero-order valence-corrected chi connectivity index (χ0v) is 9.15. The summed E-state index contributed by atoms with van der Waals surface area (Å²) in [5, 5.41) is 1.36. The van der Waals surface area contributed by atoms with Crippen molar-refractivity contribution < 1.29 is 21.2 Å². The van der Waals surface area contributed by atoms with Crippen molar-refractivity contribution in [2.45, 2.75) is 4.55 Å². The van der Waals surface area contributed by atoms with Gasteiger partial charge in [-0.1, -0.05) is 0 Å². The molecule has 1 aromatic carbocycles. The topological polar surface area (TPSA) is 4.93 Å². The first-order chi connectivity index (χ1) is 5.92. The number of benzene rings is 1. The van der Waals surface area contributed by atoms with Crippen molar-refractivity contribution in [2.24, 2.45) is 0 Å². The van der Waals surface area contributed by atoms with Gasteiger partial charge in [-0.05, 0) is 0 Å². The number of hydrogen-bond donors (Lipinski definition) is 0. The number of aromatic nitrogens is 1. The molecule has 0 saturated carbocycles. The van der Waals surface area contributed by atoms with E-state index in [0.717, 1.165) is 0 Å². The van der Waals surface area contributed by atoms with E-state index >= 15 is 0 Å². The van der Waals surface area contributed by atoms with Gasteiger partial charge in [0.25, 0.3) is 0 Å². The molecular weight excluding hydrogens is 261 g/mol. The summed E-state index contributed by atoms with van der Waals surface area (Å²) in [6.45, 7) is 0. The fourth-order valence-electron chi connectivity index (χ4n) is 1.37. The number of alkyl halides is 2. The Labute approximate surface area is 82.6 Å². The van der Waals surface area contributed by atoms with Gasteiger partial charge in [-0.25, -0.2) is 0 Å². The maximum atomic E-state index is 2.35. The minimum absolute atomic E-state index is 0.343. The molecule has 0 atom stereocenters. The van der Waals surface area contributed by atoms with E-state index in [1.54, 1.807) is 0 Å². The van der Waals surface area contributed by atoms with Crippen LogP contribution in [0.2, 0.25) is 0 Å². The van der Waals surface area contributed by atoms with Gasteiger partial charge in [0, 0.05) is 0 Å². The summed E-state index contributed by atoms with van der Waals surface area (Å²) in [5.74, 6) is 0. The van der Waals surface area contributed by atoms with Crippen LogP contribution in [0.5, 0.6) is 0 Å². The number of nitrogens with zero attached hydrogens (tertiary/aromatic N) is 1. The Morgan fingerprint density at radius 2 is 2.08 bits per heavy atom. The van der Waals surface area contributed by atoms with Gasteiger partial charge in [0.15, 0.2) is 0 Å². The van der Waals surface area contributed by atoms with Gasteiger partial charge in [0.05, 0.1) is 0 Å². The Bertz CT molecular complexity index is 378. The fourth-order valence-corrected chi connectivity index (χ4v) is 2.70. The van der Waals surface area contributed by atoms with Crippen LogP contribution in [0, 0.1) is 0 Å². The van der Waals surface area contributed by atoms with E-state index in [-0.39, 0.29) is 0 Å². The van der Waals surface area contributed by atoms with Crippen LogP contribution in [0.1, 0.15) is 0 Å². The van der Waals surface area contributed by atoms with Crippen LogP contribution >= 0.6 is 0 Å². The summed E-state index contributed by atoms with van der Waals surface area (Å²) in [7, 11) is 0. The molecule has 0 aliphatic carbocycles. The summed E-state index contributed by atoms with van der Waals surface area (Å²) in [5.41, 5.74) is 1.37. The molecule has 2 rings (SSSR count). The van der Waals surface area contributed by atoms with Gasteiger partial charge >= 0.3 is 82.7 Å². The molecule has 12 heavy (non-hydrogen) atoms. The van der Waals surface area contributed by atoms with Gasteiger partial charge < -0.3 is 0 Å². The van der Waals surface area contributed by atoms with Gasteiger partial charge in [0.2, 0.25) is 0 Å². The first kappa shape index (κ1) is 8.10. The van der Waals surface area contributed by atoms with Crippen molar-refractivity contribution in [3.63, 3.8) is 0 Å². The van der Waals surface area contributed by atoms with Crippen LogP contribution in [0.4, 0.5) is 0 Å². The number of fused-ring (bicyclic) bond motifs is 1. The van der Waals surface area contributed by atoms with E-state index in [1.807, 2.05) is 0 Å². The predicted octanol–water partition coefficient (Wildman–Crippen LogP) is -0.682. The SMILES string of the molecule is C[I-]Cn1ccc2ccccc21. The number of halogens is 1. The van der Waals surface area contributed by atoms with Crippen molar-refractivity contribution >= 4 is 10.9 Å². The maximum absolute atomic E-state index is 2.35. The van der Waals surface area contributed by atoms with Crippen LogP contribution in [-0.2, 0) is 4.55 Å². The Hall–Kier alpha value is -0.510. The minimum atomic E-state index is 0.343. The molecule has 0 radical (unpaired) electrons. The monoisotopic (exact) mass is 272 g/mol. The molecule has 0 N–H and O–H groups in total. The van der Waals surface area contributed by atoms with E-state index in [4.69, 9.17) is 0 Å². The average molecular weight is 272 g/mol. The molecule has 0 fully saturated rings. The van der Waals surface area contributed by atoms with E-state index in [0.29, 0.717) is 21.2 Å². The second kappa shape index (κ2) is 3.47. The van der Waals surface area contributed by atoms with E-state index < -0.39 is 0 Å². The van der Waals surface area contributed by atoms with Crippen molar-refractivity contribution in [3.05, 3.63) is 36.5 Å². The normalized spacial score (nSPS) is 11.1. The molecule has 0 aliphatic rings. The number of hydrogen-bond acceptors (Lipinski definition) is 0. The Morgan fingerprint density at radius 3 is 2.92 bits per heavy atom. The quantitative estimate of drug-likeness (QED) is 0.504. The molecular formula is C10H11IN-. The molecule has 2 aromatic rings. The summed E-state index contributed by atoms with van der Waals surface area (Å²) in [4.78, 5) is 2.31. The Balaban J connectivity index is 2.55. The van der Waals surface area contributed by atoms with Crippen LogP contribution in [0.15, 0.2) is 36.5 Å². The second-order valence-electron chi connectivity index (χ2n) is 2.73. The van der Waals surface area contributed by atoms with Crippen molar-refractivity contribution in [2.75, 3.05) is 4.93 Å². The van der Waals surface area contributed by atoms with E-state index in [9.17, 15) is 0 Å². The van der Waals surface area contributed by atoms with Crippen LogP contribution < -0.4 is 21.2 Å². The molecule has 0 amide bonds. The van der Waals surface area contributed by atoms with Crippen LogP contribution in [0.25, 0.3) is 10.9 Å². The third-order valence-corrected chi connectivity index (χ3v) is 3.35. The van der Waals surface area contributed by atoms with E-state index in [1.165, 1.54) is 15.5 Å². The molecule has 1 aromatic heterocycles. The number of para-hydroxylation sites is 1. The molecule has 1 heterocycles. The molecule has 1 nitrogen and oxygen atoms in total. The molecule has 0 aliphatic heterocycles. The third-order valence-electron chi connectivity index (χ3n) is 1.93. The van der Waals surface area contributed by atoms with Crippen molar-refractivity contribution in [3.8, 4) is 0 Å².